The van der Waals surface area contributed by atoms with E-state index in [0.29, 0.717) is 16.6 Å². The normalized spacial score (nSPS) is 21.0. The molecule has 26 heavy (non-hydrogen) atoms. The molecule has 0 radical (unpaired) electrons. The molecule has 1 fully saturated rings. The van der Waals surface area contributed by atoms with Gasteiger partial charge in [-0.1, -0.05) is 11.2 Å². The number of nitrogens with zero attached hydrogens (tertiary/aromatic N) is 3. The molecule has 2 heterocycles. The Morgan fingerprint density at radius 1 is 1.31 bits per heavy atom. The highest BCUT2D eigenvalue weighted by Crippen LogP contribution is 2.25. The van der Waals surface area contributed by atoms with Crippen molar-refractivity contribution in [3.8, 4) is 0 Å². The van der Waals surface area contributed by atoms with Crippen molar-refractivity contribution >= 4 is 9.84 Å². The fourth-order valence-electron chi connectivity index (χ4n) is 3.68. The van der Waals surface area contributed by atoms with Crippen molar-refractivity contribution in [3.63, 3.8) is 0 Å². The summed E-state index contributed by atoms with van der Waals surface area (Å²) in [6.07, 6.45) is 3.35. The van der Waals surface area contributed by atoms with Gasteiger partial charge in [-0.25, -0.2) is 8.42 Å². The second-order valence-corrected chi connectivity index (χ2v) is 9.21. The van der Waals surface area contributed by atoms with Crippen molar-refractivity contribution < 1.29 is 12.9 Å². The number of aromatic nitrogens is 2. The van der Waals surface area contributed by atoms with Crippen LogP contribution in [0.2, 0.25) is 0 Å². The molecule has 8 heteroatoms. The van der Waals surface area contributed by atoms with Crippen LogP contribution in [0.5, 0.6) is 0 Å². The van der Waals surface area contributed by atoms with Crippen LogP contribution in [0, 0.1) is 0 Å². The number of nitrogens with one attached hydrogen (secondary N) is 1. The maximum atomic E-state index is 12.7. The first kappa shape index (κ1) is 17.6. The molecule has 1 atom stereocenters. The van der Waals surface area contributed by atoms with Crippen LogP contribution in [-0.4, -0.2) is 55.9 Å². The summed E-state index contributed by atoms with van der Waals surface area (Å²) in [5, 5.41) is 7.36. The van der Waals surface area contributed by atoms with Crippen LogP contribution in [0.3, 0.4) is 0 Å². The third-order valence-corrected chi connectivity index (χ3v) is 7.02. The number of fused-ring (bicyclic) bond motifs is 1. The Morgan fingerprint density at radius 3 is 3.00 bits per heavy atom. The van der Waals surface area contributed by atoms with E-state index in [4.69, 9.17) is 4.52 Å². The van der Waals surface area contributed by atoms with Gasteiger partial charge in [-0.2, -0.15) is 4.98 Å². The number of rotatable bonds is 5. The van der Waals surface area contributed by atoms with Gasteiger partial charge < -0.3 is 9.84 Å². The topological polar surface area (TPSA) is 88.3 Å². The van der Waals surface area contributed by atoms with E-state index < -0.39 is 9.84 Å². The highest BCUT2D eigenvalue weighted by molar-refractivity contribution is 7.91. The van der Waals surface area contributed by atoms with Crippen LogP contribution in [0.15, 0.2) is 27.6 Å². The van der Waals surface area contributed by atoms with Crippen molar-refractivity contribution in [3.05, 3.63) is 41.0 Å². The smallest absolute Gasteiger partial charge is 0.227 e. The Balaban J connectivity index is 1.43. The summed E-state index contributed by atoms with van der Waals surface area (Å²) in [6, 6.07) is 5.57. The number of benzene rings is 1. The molecule has 0 saturated carbocycles. The minimum Gasteiger partial charge on any atom is -0.339 e. The maximum Gasteiger partial charge on any atom is 0.227 e. The van der Waals surface area contributed by atoms with E-state index in [1.807, 2.05) is 19.2 Å². The first-order valence-electron chi connectivity index (χ1n) is 9.11. The monoisotopic (exact) mass is 376 g/mol. The number of aryl methyl sites for hydroxylation is 3. The number of hydrogen-bond donors (Lipinski definition) is 1. The molecule has 1 aromatic heterocycles. The molecule has 2 aromatic rings. The molecular weight excluding hydrogens is 352 g/mol. The molecule has 1 aliphatic carbocycles. The number of piperazine rings is 1. The molecular formula is C18H24N4O3S. The van der Waals surface area contributed by atoms with Crippen LogP contribution in [0.1, 0.15) is 35.3 Å². The van der Waals surface area contributed by atoms with Gasteiger partial charge in [-0.3, -0.25) is 4.90 Å². The lowest BCUT2D eigenvalue weighted by atomic mass is 10.1. The van der Waals surface area contributed by atoms with Crippen molar-refractivity contribution in [1.82, 2.24) is 20.4 Å². The van der Waals surface area contributed by atoms with Gasteiger partial charge in [-0.05, 0) is 49.6 Å². The summed E-state index contributed by atoms with van der Waals surface area (Å²) in [4.78, 5) is 6.99. The number of sulfone groups is 1. The Morgan fingerprint density at radius 2 is 2.15 bits per heavy atom. The Kier molecular flexibility index (Phi) is 4.81. The minimum absolute atomic E-state index is 0.0217. The highest BCUT2D eigenvalue weighted by Gasteiger charge is 2.26. The third-order valence-electron chi connectivity index (χ3n) is 5.31. The largest absolute Gasteiger partial charge is 0.339 e. The van der Waals surface area contributed by atoms with Crippen LogP contribution >= 0.6 is 0 Å². The summed E-state index contributed by atoms with van der Waals surface area (Å²) in [5.41, 5.74) is 2.44. The van der Waals surface area contributed by atoms with Crippen LogP contribution < -0.4 is 5.32 Å². The van der Waals surface area contributed by atoms with E-state index in [1.165, 1.54) is 11.1 Å². The van der Waals surface area contributed by atoms with Gasteiger partial charge in [0.15, 0.2) is 15.7 Å². The summed E-state index contributed by atoms with van der Waals surface area (Å²) in [7, 11) is -1.33. The molecule has 4 rings (SSSR count). The van der Waals surface area contributed by atoms with Crippen molar-refractivity contribution in [2.24, 2.45) is 0 Å². The molecule has 2 aliphatic rings. The summed E-state index contributed by atoms with van der Waals surface area (Å²) < 4.78 is 30.6. The number of hydrogen-bond acceptors (Lipinski definition) is 7. The molecule has 0 bridgehead atoms. The van der Waals surface area contributed by atoms with E-state index in [9.17, 15) is 8.42 Å². The van der Waals surface area contributed by atoms with Crippen molar-refractivity contribution in [2.45, 2.75) is 36.6 Å². The molecule has 1 saturated heterocycles. The zero-order valence-electron chi connectivity index (χ0n) is 14.9. The fraction of sp³-hybridized carbons (Fsp3) is 0.556. The molecule has 1 aliphatic heterocycles. The van der Waals surface area contributed by atoms with Crippen molar-refractivity contribution in [2.75, 3.05) is 32.4 Å². The van der Waals surface area contributed by atoms with Gasteiger partial charge in [0, 0.05) is 26.1 Å². The van der Waals surface area contributed by atoms with Gasteiger partial charge in [0.2, 0.25) is 5.89 Å². The average Bonchev–Trinajstić information content (AvgIpc) is 3.29. The first-order chi connectivity index (χ1) is 12.5. The molecule has 0 amide bonds. The van der Waals surface area contributed by atoms with Gasteiger partial charge >= 0.3 is 0 Å². The minimum atomic E-state index is -3.36. The second-order valence-electron chi connectivity index (χ2n) is 7.10. The van der Waals surface area contributed by atoms with Crippen LogP contribution in [0.4, 0.5) is 0 Å². The first-order valence-corrected chi connectivity index (χ1v) is 10.8. The predicted octanol–water partition coefficient (Wildman–Crippen LogP) is 1.15. The van der Waals surface area contributed by atoms with E-state index in [0.717, 1.165) is 38.9 Å². The Hall–Kier alpha value is -1.77. The fourth-order valence-corrected chi connectivity index (χ4v) is 4.96. The summed E-state index contributed by atoms with van der Waals surface area (Å²) in [5.74, 6) is 0.972. The Bertz CT molecular complexity index is 894. The van der Waals surface area contributed by atoms with E-state index >= 15 is 0 Å². The quantitative estimate of drug-likeness (QED) is 0.837. The second kappa shape index (κ2) is 7.09. The highest BCUT2D eigenvalue weighted by atomic mass is 32.2. The van der Waals surface area contributed by atoms with Crippen LogP contribution in [0.25, 0.3) is 0 Å². The average molecular weight is 376 g/mol. The molecule has 1 aromatic carbocycles. The zero-order valence-corrected chi connectivity index (χ0v) is 15.8. The maximum absolute atomic E-state index is 12.7. The zero-order chi connectivity index (χ0) is 18.1. The van der Waals surface area contributed by atoms with Crippen molar-refractivity contribution in [1.29, 1.82) is 0 Å². The standard InChI is InChI=1S/C18H24N4O3S/c1-22-9-8-19-12-16(22)18-20-17(25-21-18)7-10-26(23,24)15-6-5-13-3-2-4-14(13)11-15/h5-6,11,16,19H,2-4,7-10,12H2,1H3. The summed E-state index contributed by atoms with van der Waals surface area (Å²) in [6.45, 7) is 2.63. The molecule has 1 N–H and O–H groups in total. The van der Waals surface area contributed by atoms with E-state index in [1.54, 1.807) is 6.07 Å². The van der Waals surface area contributed by atoms with E-state index in [-0.39, 0.29) is 18.2 Å². The third kappa shape index (κ3) is 3.54. The van der Waals surface area contributed by atoms with Gasteiger partial charge in [0.25, 0.3) is 0 Å². The molecule has 140 valence electrons. The van der Waals surface area contributed by atoms with E-state index in [2.05, 4.69) is 20.4 Å². The molecule has 0 spiro atoms. The molecule has 1 unspecified atom stereocenters. The lowest BCUT2D eigenvalue weighted by Crippen LogP contribution is -2.44. The number of likely N-dealkylation sites (N-methyl/N-ethyl adjacent to an activating group) is 1. The van der Waals surface area contributed by atoms with Crippen LogP contribution in [-0.2, 0) is 29.1 Å². The lowest BCUT2D eigenvalue weighted by molar-refractivity contribution is 0.190. The van der Waals surface area contributed by atoms with Gasteiger partial charge in [0.05, 0.1) is 16.7 Å². The molecule has 7 nitrogen and oxygen atoms in total. The van der Waals surface area contributed by atoms with Gasteiger partial charge in [0.1, 0.15) is 0 Å². The Labute approximate surface area is 153 Å². The SMILES string of the molecule is CN1CCNCC1c1noc(CCS(=O)(=O)c2ccc3c(c2)CCC3)n1. The summed E-state index contributed by atoms with van der Waals surface area (Å²) >= 11 is 0. The predicted molar refractivity (Wildman–Crippen MR) is 96.8 cm³/mol. The lowest BCUT2D eigenvalue weighted by Gasteiger charge is -2.30. The van der Waals surface area contributed by atoms with Gasteiger partial charge in [-0.15, -0.1) is 0 Å².